The molecule has 1 fully saturated rings. The fourth-order valence-electron chi connectivity index (χ4n) is 7.66. The van der Waals surface area contributed by atoms with Gasteiger partial charge in [0.15, 0.2) is 34.5 Å². The summed E-state index contributed by atoms with van der Waals surface area (Å²) in [5.74, 6) is 4.48. The summed E-state index contributed by atoms with van der Waals surface area (Å²) in [7, 11) is 7.43. The molecule has 1 aliphatic carbocycles. The number of rotatable bonds is 23. The van der Waals surface area contributed by atoms with Crippen molar-refractivity contribution in [2.24, 2.45) is 0 Å². The molecule has 1 saturated heterocycles. The van der Waals surface area contributed by atoms with Crippen molar-refractivity contribution in [3.05, 3.63) is 107 Å². The van der Waals surface area contributed by atoms with E-state index in [1.807, 2.05) is 54.6 Å². The van der Waals surface area contributed by atoms with E-state index in [4.69, 9.17) is 56.8 Å². The molecule has 0 amide bonds. The first kappa shape index (κ1) is 46.6. The predicted octanol–water partition coefficient (Wildman–Crippen LogP) is 8.38. The lowest BCUT2D eigenvalue weighted by Gasteiger charge is -2.46. The number of benzene rings is 4. The number of ether oxygens (including phenoxy) is 12. The van der Waals surface area contributed by atoms with Crippen LogP contribution in [-0.4, -0.2) is 97.7 Å². The Hall–Kier alpha value is -4.95. The minimum atomic E-state index is -3.62. The molecule has 1 heterocycles. The molecular weight excluding hydrogens is 819 g/mol. The summed E-state index contributed by atoms with van der Waals surface area (Å²) in [6, 6.07) is 23.8. The maximum Gasteiger partial charge on any atom is 0.229 e. The van der Waals surface area contributed by atoms with E-state index >= 15 is 0 Å². The van der Waals surface area contributed by atoms with E-state index in [1.165, 1.54) is 0 Å². The standard InChI is InChI=1S/C47H59O14P/c1-50-35-15-17-36(18-16-35)60-47-46(59-29-34-14-21-39(53-4)43(26-34)56-7)45(58-28-33-13-20-38(52-3)42(25-33)55-6)44(57-27-32-12-19-37(51-2)41(24-32)54-5)40(61-47)22-23-62(48,49)30-31-10-8-9-11-31/h10,12-21,24-26,40,44-47H,8-9,11,22-23,27-30H2,1-7H3,(H,48,49)/t40-,44-,45+,46+,47?/m1/s1. The normalized spacial score (nSPS) is 20.7. The van der Waals surface area contributed by atoms with Crippen molar-refractivity contribution in [2.45, 2.75) is 76.2 Å². The van der Waals surface area contributed by atoms with E-state index in [0.717, 1.165) is 41.5 Å². The fraction of sp³-hybridized carbons (Fsp3) is 0.447. The molecule has 0 spiro atoms. The quantitative estimate of drug-likeness (QED) is 0.0562. The molecule has 1 N–H and O–H groups in total. The molecule has 0 bridgehead atoms. The molecule has 4 aromatic carbocycles. The van der Waals surface area contributed by atoms with Crippen molar-refractivity contribution in [3.8, 4) is 46.0 Å². The Labute approximate surface area is 364 Å². The molecule has 0 radical (unpaired) electrons. The highest BCUT2D eigenvalue weighted by molar-refractivity contribution is 7.58. The van der Waals surface area contributed by atoms with E-state index < -0.39 is 38.1 Å². The highest BCUT2D eigenvalue weighted by Crippen LogP contribution is 2.46. The van der Waals surface area contributed by atoms with Gasteiger partial charge in [-0.1, -0.05) is 29.8 Å². The van der Waals surface area contributed by atoms with Gasteiger partial charge in [0.05, 0.1) is 75.7 Å². The smallest absolute Gasteiger partial charge is 0.229 e. The lowest BCUT2D eigenvalue weighted by molar-refractivity contribution is -0.304. The number of hydrogen-bond acceptors (Lipinski definition) is 13. The summed E-state index contributed by atoms with van der Waals surface area (Å²) in [5.41, 5.74) is 3.39. The van der Waals surface area contributed by atoms with Gasteiger partial charge in [-0.2, -0.15) is 0 Å². The van der Waals surface area contributed by atoms with Crippen LogP contribution in [0.25, 0.3) is 0 Å². The maximum atomic E-state index is 13.8. The van der Waals surface area contributed by atoms with E-state index in [9.17, 15) is 9.46 Å². The summed E-state index contributed by atoms with van der Waals surface area (Å²) in [4.78, 5) is 11.4. The fourth-order valence-corrected chi connectivity index (χ4v) is 9.39. The van der Waals surface area contributed by atoms with Crippen LogP contribution in [0.3, 0.4) is 0 Å². The predicted molar refractivity (Wildman–Crippen MR) is 233 cm³/mol. The molecule has 1 aliphatic heterocycles. The van der Waals surface area contributed by atoms with Crippen molar-refractivity contribution in [3.63, 3.8) is 0 Å². The van der Waals surface area contributed by atoms with Crippen LogP contribution < -0.4 is 37.9 Å². The van der Waals surface area contributed by atoms with Gasteiger partial charge in [-0.3, -0.25) is 4.57 Å². The van der Waals surface area contributed by atoms with Crippen LogP contribution in [0.15, 0.2) is 90.5 Å². The minimum absolute atomic E-state index is 0.0138. The maximum absolute atomic E-state index is 13.8. The van der Waals surface area contributed by atoms with Crippen LogP contribution in [0.2, 0.25) is 0 Å². The topological polar surface area (TPSA) is 148 Å². The second kappa shape index (κ2) is 22.4. The Morgan fingerprint density at radius 1 is 0.581 bits per heavy atom. The van der Waals surface area contributed by atoms with Gasteiger partial charge in [0.2, 0.25) is 13.7 Å². The highest BCUT2D eigenvalue weighted by atomic mass is 31.2. The van der Waals surface area contributed by atoms with E-state index in [-0.39, 0.29) is 38.6 Å². The summed E-state index contributed by atoms with van der Waals surface area (Å²) in [6.07, 6.45) is 0.632. The summed E-state index contributed by atoms with van der Waals surface area (Å²) in [5, 5.41) is 0. The van der Waals surface area contributed by atoms with Crippen molar-refractivity contribution < 1.29 is 66.3 Å². The molecule has 0 saturated carbocycles. The summed E-state index contributed by atoms with van der Waals surface area (Å²) < 4.78 is 86.6. The molecule has 2 aliphatic rings. The second-order valence-electron chi connectivity index (χ2n) is 15.0. The van der Waals surface area contributed by atoms with Crippen molar-refractivity contribution in [2.75, 3.05) is 62.1 Å². The Kier molecular flexibility index (Phi) is 16.8. The van der Waals surface area contributed by atoms with Crippen LogP contribution in [0.5, 0.6) is 46.0 Å². The van der Waals surface area contributed by atoms with Gasteiger partial charge in [0, 0.05) is 12.3 Å². The molecule has 2 unspecified atom stereocenters. The highest BCUT2D eigenvalue weighted by Gasteiger charge is 2.50. The first-order valence-corrected chi connectivity index (χ1v) is 22.6. The van der Waals surface area contributed by atoms with Crippen LogP contribution >= 0.6 is 7.37 Å². The molecule has 336 valence electrons. The largest absolute Gasteiger partial charge is 0.497 e. The zero-order chi connectivity index (χ0) is 44.1. The minimum Gasteiger partial charge on any atom is -0.497 e. The monoisotopic (exact) mass is 878 g/mol. The van der Waals surface area contributed by atoms with Crippen molar-refractivity contribution >= 4 is 7.37 Å². The molecule has 6 atom stereocenters. The number of hydrogen-bond donors (Lipinski definition) is 1. The number of methoxy groups -OCH3 is 7. The van der Waals surface area contributed by atoms with Crippen LogP contribution in [0.1, 0.15) is 42.4 Å². The van der Waals surface area contributed by atoms with Gasteiger partial charge in [-0.25, -0.2) is 0 Å². The van der Waals surface area contributed by atoms with Gasteiger partial charge in [0.25, 0.3) is 0 Å². The van der Waals surface area contributed by atoms with Crippen LogP contribution in [-0.2, 0) is 43.3 Å². The van der Waals surface area contributed by atoms with Gasteiger partial charge in [0.1, 0.15) is 29.8 Å². The SMILES string of the molecule is COc1ccc(OC2O[C@H](CCP(=O)(O)CC3=CCCC3)[C@@H](OCc3ccc(OC)c(OC)c3)[C@H](OCc3ccc(OC)c(OC)c3)[C@@H]2OCc2ccc(OC)c(OC)c2)cc1. The Morgan fingerprint density at radius 2 is 1.05 bits per heavy atom. The zero-order valence-electron chi connectivity index (χ0n) is 36.5. The lowest BCUT2D eigenvalue weighted by atomic mass is 9.96. The zero-order valence-corrected chi connectivity index (χ0v) is 37.4. The molecular formula is C47H59O14P. The molecule has 14 nitrogen and oxygen atoms in total. The molecule has 0 aromatic heterocycles. The summed E-state index contributed by atoms with van der Waals surface area (Å²) >= 11 is 0. The van der Waals surface area contributed by atoms with Gasteiger partial charge in [-0.15, -0.1) is 0 Å². The van der Waals surface area contributed by atoms with Crippen LogP contribution in [0, 0.1) is 0 Å². The second-order valence-corrected chi connectivity index (χ2v) is 17.5. The van der Waals surface area contributed by atoms with Crippen LogP contribution in [0.4, 0.5) is 0 Å². The van der Waals surface area contributed by atoms with Gasteiger partial charge < -0.3 is 61.7 Å². The van der Waals surface area contributed by atoms with E-state index in [1.54, 1.807) is 74.0 Å². The van der Waals surface area contributed by atoms with Crippen molar-refractivity contribution in [1.29, 1.82) is 0 Å². The Bertz CT molecular complexity index is 2120. The molecule has 4 aromatic rings. The van der Waals surface area contributed by atoms with Gasteiger partial charge >= 0.3 is 0 Å². The first-order valence-electron chi connectivity index (χ1n) is 20.5. The van der Waals surface area contributed by atoms with Crippen molar-refractivity contribution in [1.82, 2.24) is 0 Å². The molecule has 15 heteroatoms. The third-order valence-corrected chi connectivity index (χ3v) is 12.8. The summed E-state index contributed by atoms with van der Waals surface area (Å²) in [6.45, 7) is 0.310. The van der Waals surface area contributed by atoms with E-state index in [2.05, 4.69) is 6.08 Å². The Balaban J connectivity index is 1.40. The Morgan fingerprint density at radius 3 is 1.50 bits per heavy atom. The van der Waals surface area contributed by atoms with Gasteiger partial charge in [-0.05, 0) is 103 Å². The first-order chi connectivity index (χ1) is 30.1. The average molecular weight is 879 g/mol. The third kappa shape index (κ3) is 12.1. The average Bonchev–Trinajstić information content (AvgIpc) is 3.81. The van der Waals surface area contributed by atoms with E-state index in [0.29, 0.717) is 46.0 Å². The number of allylic oxidation sites excluding steroid dienone is 2. The molecule has 6 rings (SSSR count). The third-order valence-electron chi connectivity index (χ3n) is 10.9. The molecule has 62 heavy (non-hydrogen) atoms. The lowest BCUT2D eigenvalue weighted by Crippen LogP contribution is -2.61.